The van der Waals surface area contributed by atoms with E-state index >= 15 is 0 Å². The zero-order chi connectivity index (χ0) is 38.5. The van der Waals surface area contributed by atoms with Crippen molar-refractivity contribution >= 4 is 42.1 Å². The number of fused-ring (bicyclic) bond motifs is 1. The molecule has 1 heterocycles. The van der Waals surface area contributed by atoms with E-state index in [1.807, 2.05) is 70.2 Å². The van der Waals surface area contributed by atoms with Gasteiger partial charge in [0, 0.05) is 43.0 Å². The standard InChI is InChI=1S/C40H51N4O8P.2Na/c1-26(2)19-31(37(45)42-35(39(47)48)22-30-23-41-33-18-12-11-17-32(30)33)25-53(50,51)36(21-28-13-7-5-8-14-28)44-38(46)34(20-27(3)4)43-40(49)52-24-29-15-9-6-10-16-29;;/h5-18,23,26-27,31,34-36,41H,19-22,24-25H2,1-4H3,(H,42,45)(H,43,49)(H,44,46)(H,47,48)(H,50,51);;/q;2*+1/p-2/t31?,34-,35-,36?;;/m0../s1. The first-order chi connectivity index (χ1) is 25.2. The first-order valence-electron chi connectivity index (χ1n) is 17.9. The number of para-hydroxylation sites is 1. The number of hydrogen-bond acceptors (Lipinski definition) is 8. The van der Waals surface area contributed by atoms with Gasteiger partial charge in [-0.1, -0.05) is 107 Å². The number of benzene rings is 3. The number of nitrogens with one attached hydrogen (secondary N) is 4. The number of aromatic nitrogens is 1. The number of carbonyl (C=O) groups excluding carboxylic acids is 4. The second-order valence-electron chi connectivity index (χ2n) is 14.3. The number of H-pyrrole nitrogens is 1. The van der Waals surface area contributed by atoms with Gasteiger partial charge in [0.15, 0.2) is 0 Å². The largest absolute Gasteiger partial charge is 1.00 e. The van der Waals surface area contributed by atoms with Crippen LogP contribution in [0.5, 0.6) is 0 Å². The summed E-state index contributed by atoms with van der Waals surface area (Å²) in [7, 11) is -4.66. The van der Waals surface area contributed by atoms with Gasteiger partial charge >= 0.3 is 65.2 Å². The molecule has 0 bridgehead atoms. The fraction of sp³-hybridized carbons (Fsp3) is 0.400. The number of carboxylic acid groups (broad SMARTS) is 1. The first-order valence-corrected chi connectivity index (χ1v) is 19.8. The van der Waals surface area contributed by atoms with Crippen molar-refractivity contribution in [1.29, 1.82) is 0 Å². The van der Waals surface area contributed by atoms with Gasteiger partial charge in [0.25, 0.3) is 0 Å². The van der Waals surface area contributed by atoms with E-state index in [1.54, 1.807) is 48.7 Å². The molecule has 0 fully saturated rings. The van der Waals surface area contributed by atoms with Gasteiger partial charge in [-0.05, 0) is 53.9 Å². The molecule has 0 aliphatic carbocycles. The van der Waals surface area contributed by atoms with Crippen LogP contribution in [0.4, 0.5) is 4.79 Å². The van der Waals surface area contributed by atoms with Gasteiger partial charge in [-0.3, -0.25) is 9.59 Å². The molecule has 3 unspecified atom stereocenters. The molecular weight excluding hydrogens is 741 g/mol. The summed E-state index contributed by atoms with van der Waals surface area (Å²) in [5.41, 5.74) is 2.85. The van der Waals surface area contributed by atoms with Crippen LogP contribution in [0.1, 0.15) is 57.2 Å². The van der Waals surface area contributed by atoms with Crippen LogP contribution in [-0.2, 0) is 43.1 Å². The van der Waals surface area contributed by atoms with Crippen LogP contribution in [0.3, 0.4) is 0 Å². The molecule has 5 atom stereocenters. The molecule has 0 spiro atoms. The maximum Gasteiger partial charge on any atom is 1.00 e. The Kier molecular flexibility index (Phi) is 20.5. The van der Waals surface area contributed by atoms with E-state index in [1.165, 1.54) is 0 Å². The Morgan fingerprint density at radius 1 is 0.727 bits per heavy atom. The van der Waals surface area contributed by atoms with Crippen LogP contribution in [-0.4, -0.2) is 52.9 Å². The summed E-state index contributed by atoms with van der Waals surface area (Å²) >= 11 is 0. The van der Waals surface area contributed by atoms with Crippen molar-refractivity contribution in [3.8, 4) is 0 Å². The summed E-state index contributed by atoms with van der Waals surface area (Å²) in [4.78, 5) is 70.0. The molecule has 284 valence electrons. The van der Waals surface area contributed by atoms with Crippen LogP contribution in [0.25, 0.3) is 10.9 Å². The third kappa shape index (κ3) is 15.5. The molecule has 12 nitrogen and oxygen atoms in total. The van der Waals surface area contributed by atoms with Gasteiger partial charge in [-0.25, -0.2) is 4.79 Å². The van der Waals surface area contributed by atoms with Crippen molar-refractivity contribution in [1.82, 2.24) is 20.9 Å². The number of aromatic amines is 1. The molecule has 4 aromatic rings. The number of amides is 3. The zero-order valence-electron chi connectivity index (χ0n) is 32.6. The van der Waals surface area contributed by atoms with Crippen LogP contribution < -0.4 is 85.1 Å². The van der Waals surface area contributed by atoms with Gasteiger partial charge in [-0.15, -0.1) is 0 Å². The van der Waals surface area contributed by atoms with Crippen molar-refractivity contribution < 1.29 is 97.6 Å². The van der Waals surface area contributed by atoms with E-state index in [-0.39, 0.29) is 103 Å². The predicted molar refractivity (Wildman–Crippen MR) is 199 cm³/mol. The number of carboxylic acids is 1. The molecule has 4 N–H and O–H groups in total. The first kappa shape index (κ1) is 48.2. The Labute approximate surface area is 367 Å². The van der Waals surface area contributed by atoms with E-state index in [0.29, 0.717) is 11.1 Å². The fourth-order valence-corrected chi connectivity index (χ4v) is 8.27. The Balaban J connectivity index is 0.00000523. The van der Waals surface area contributed by atoms with Crippen molar-refractivity contribution in [2.24, 2.45) is 17.8 Å². The van der Waals surface area contributed by atoms with E-state index < -0.39 is 61.2 Å². The number of ether oxygens (including phenoxy) is 1. The smallest absolute Gasteiger partial charge is 0.798 e. The zero-order valence-corrected chi connectivity index (χ0v) is 37.5. The maximum atomic E-state index is 14.3. The minimum atomic E-state index is -4.66. The number of alkyl carbamates (subject to hydrolysis) is 1. The molecule has 0 aliphatic heterocycles. The van der Waals surface area contributed by atoms with Gasteiger partial charge in [0.1, 0.15) is 12.6 Å². The Morgan fingerprint density at radius 2 is 1.31 bits per heavy atom. The van der Waals surface area contributed by atoms with Crippen molar-refractivity contribution in [2.75, 3.05) is 6.16 Å². The molecule has 1 aromatic heterocycles. The normalized spacial score (nSPS) is 14.3. The van der Waals surface area contributed by atoms with Gasteiger partial charge in [0.2, 0.25) is 11.8 Å². The summed E-state index contributed by atoms with van der Waals surface area (Å²) < 4.78 is 19.6. The molecule has 0 saturated carbocycles. The van der Waals surface area contributed by atoms with Gasteiger partial charge in [-0.2, -0.15) is 0 Å². The van der Waals surface area contributed by atoms with E-state index in [0.717, 1.165) is 16.5 Å². The Bertz CT molecular complexity index is 1880. The number of hydrogen-bond donors (Lipinski definition) is 4. The SMILES string of the molecule is CC(C)CC(CP(=O)([O-])C(Cc1ccccc1)NC(=O)[C@H](CC(C)C)NC(=O)OCc1ccccc1)C(=O)N[C@@H](Cc1c[nH]c2ccccc12)C(=O)[O-].[Na+].[Na+]. The molecule has 3 aromatic carbocycles. The van der Waals surface area contributed by atoms with Crippen LogP contribution in [0.2, 0.25) is 0 Å². The predicted octanol–water partition coefficient (Wildman–Crippen LogP) is -1.72. The van der Waals surface area contributed by atoms with Crippen molar-refractivity contribution in [3.63, 3.8) is 0 Å². The van der Waals surface area contributed by atoms with Crippen LogP contribution >= 0.6 is 7.37 Å². The quantitative estimate of drug-likeness (QED) is 0.0637. The number of aliphatic carboxylic acids is 1. The summed E-state index contributed by atoms with van der Waals surface area (Å²) in [6, 6.07) is 22.6. The summed E-state index contributed by atoms with van der Waals surface area (Å²) in [6.07, 6.45) is 0.372. The summed E-state index contributed by atoms with van der Waals surface area (Å²) in [6.45, 7) is 7.38. The minimum absolute atomic E-state index is 0. The van der Waals surface area contributed by atoms with Crippen LogP contribution in [0.15, 0.2) is 91.1 Å². The van der Waals surface area contributed by atoms with Crippen molar-refractivity contribution in [2.45, 2.75) is 77.9 Å². The average molecular weight is 791 g/mol. The molecule has 15 heteroatoms. The van der Waals surface area contributed by atoms with Crippen molar-refractivity contribution in [3.05, 3.63) is 108 Å². The summed E-state index contributed by atoms with van der Waals surface area (Å²) in [5.74, 6) is -5.70. The number of carbonyl (C=O) groups is 4. The Hall–Kier alpha value is -2.93. The molecule has 4 rings (SSSR count). The van der Waals surface area contributed by atoms with E-state index in [2.05, 4.69) is 20.9 Å². The number of rotatable bonds is 19. The van der Waals surface area contributed by atoms with Gasteiger partial charge in [0.05, 0.1) is 17.8 Å². The molecular formula is C40H49N4Na2O8P. The third-order valence-corrected chi connectivity index (χ3v) is 11.1. The molecule has 55 heavy (non-hydrogen) atoms. The molecule has 3 amide bonds. The maximum absolute atomic E-state index is 14.3. The van der Waals surface area contributed by atoms with E-state index in [4.69, 9.17) is 4.74 Å². The molecule has 0 saturated heterocycles. The second kappa shape index (κ2) is 23.3. The van der Waals surface area contributed by atoms with Crippen LogP contribution in [0, 0.1) is 17.8 Å². The minimum Gasteiger partial charge on any atom is -0.798 e. The monoisotopic (exact) mass is 790 g/mol. The molecule has 0 aliphatic rings. The van der Waals surface area contributed by atoms with Gasteiger partial charge < -0.3 is 45.0 Å². The fourth-order valence-electron chi connectivity index (χ4n) is 6.27. The second-order valence-corrected chi connectivity index (χ2v) is 16.7. The topological polar surface area (TPSA) is 193 Å². The van der Waals surface area contributed by atoms with E-state index in [9.17, 15) is 33.7 Å². The summed E-state index contributed by atoms with van der Waals surface area (Å²) in [5, 5.41) is 20.8. The average Bonchev–Trinajstić information content (AvgIpc) is 3.52. The molecule has 0 radical (unpaired) electrons. The third-order valence-electron chi connectivity index (χ3n) is 8.89. The Morgan fingerprint density at radius 3 is 1.91 bits per heavy atom.